The molecule has 2 unspecified atom stereocenters. The average molecular weight is 846 g/mol. The van der Waals surface area contributed by atoms with Crippen molar-refractivity contribution in [3.8, 4) is 56.0 Å². The largest absolute Gasteiger partial charge is 0.457 e. The van der Waals surface area contributed by atoms with Gasteiger partial charge in [0.2, 0.25) is 0 Å². The first-order valence-electron chi connectivity index (χ1n) is 22.7. The summed E-state index contributed by atoms with van der Waals surface area (Å²) in [6, 6.07) is 85.3. The summed E-state index contributed by atoms with van der Waals surface area (Å²) < 4.78 is 6.67. The molecule has 4 heteroatoms. The average Bonchev–Trinajstić information content (AvgIpc) is 3.69. The molecule has 312 valence electrons. The SMILES string of the molecule is c1ccc(-c2ccc(C3NC(c4cccc(-c5cccc(-c6ccc7c(c6)C6(c8ccccc8Oc8ccccc86)c6ccc8ccccc8c6-7)c5)c4)=NC(c4ccccc4)N3)cc2)cc1. The molecule has 0 saturated heterocycles. The second-order valence-electron chi connectivity index (χ2n) is 17.5. The molecule has 0 saturated carbocycles. The van der Waals surface area contributed by atoms with E-state index in [-0.39, 0.29) is 12.3 Å². The fourth-order valence-electron chi connectivity index (χ4n) is 10.8. The van der Waals surface area contributed by atoms with Crippen molar-refractivity contribution in [1.29, 1.82) is 0 Å². The Morgan fingerprint density at radius 2 is 0.955 bits per heavy atom. The lowest BCUT2D eigenvalue weighted by Gasteiger charge is -2.39. The van der Waals surface area contributed by atoms with Gasteiger partial charge in [-0.1, -0.05) is 206 Å². The quantitative estimate of drug-likeness (QED) is 0.175. The van der Waals surface area contributed by atoms with E-state index >= 15 is 0 Å². The number of para-hydroxylation sites is 2. The maximum absolute atomic E-state index is 6.67. The van der Waals surface area contributed by atoms with Crippen molar-refractivity contribution in [2.75, 3.05) is 0 Å². The van der Waals surface area contributed by atoms with Crippen LogP contribution in [0.25, 0.3) is 55.3 Å². The molecule has 2 heterocycles. The van der Waals surface area contributed by atoms with E-state index in [1.54, 1.807) is 0 Å². The van der Waals surface area contributed by atoms with Crippen LogP contribution in [-0.2, 0) is 5.41 Å². The molecule has 3 aliphatic rings. The highest BCUT2D eigenvalue weighted by Gasteiger charge is 2.51. The van der Waals surface area contributed by atoms with Gasteiger partial charge in [0, 0.05) is 16.7 Å². The summed E-state index contributed by atoms with van der Waals surface area (Å²) in [5.41, 5.74) is 17.2. The normalized spacial score (nSPS) is 16.3. The van der Waals surface area contributed by atoms with Crippen molar-refractivity contribution >= 4 is 16.6 Å². The molecule has 0 radical (unpaired) electrons. The van der Waals surface area contributed by atoms with Crippen molar-refractivity contribution in [2.24, 2.45) is 4.99 Å². The van der Waals surface area contributed by atoms with Crippen molar-refractivity contribution in [3.63, 3.8) is 0 Å². The number of rotatable bonds is 6. The molecule has 4 nitrogen and oxygen atoms in total. The van der Waals surface area contributed by atoms with E-state index < -0.39 is 5.41 Å². The number of fused-ring (bicyclic) bond motifs is 11. The topological polar surface area (TPSA) is 45.6 Å². The van der Waals surface area contributed by atoms with Gasteiger partial charge in [-0.25, -0.2) is 4.99 Å². The maximum atomic E-state index is 6.67. The third kappa shape index (κ3) is 6.14. The van der Waals surface area contributed by atoms with Gasteiger partial charge in [-0.2, -0.15) is 0 Å². The second-order valence-corrected chi connectivity index (χ2v) is 17.5. The van der Waals surface area contributed by atoms with Gasteiger partial charge in [0.05, 0.1) is 5.41 Å². The van der Waals surface area contributed by atoms with Crippen LogP contribution >= 0.6 is 0 Å². The van der Waals surface area contributed by atoms with Crippen LogP contribution in [0.3, 0.4) is 0 Å². The summed E-state index contributed by atoms with van der Waals surface area (Å²) in [4.78, 5) is 5.29. The van der Waals surface area contributed by atoms with Crippen LogP contribution < -0.4 is 15.4 Å². The van der Waals surface area contributed by atoms with E-state index in [2.05, 4.69) is 247 Å². The first kappa shape index (κ1) is 38.2. The minimum Gasteiger partial charge on any atom is -0.457 e. The van der Waals surface area contributed by atoms with Gasteiger partial charge >= 0.3 is 0 Å². The van der Waals surface area contributed by atoms with Crippen LogP contribution in [0, 0.1) is 0 Å². The van der Waals surface area contributed by atoms with Gasteiger partial charge in [0.15, 0.2) is 0 Å². The Labute approximate surface area is 384 Å². The molecule has 2 N–H and O–H groups in total. The summed E-state index contributed by atoms with van der Waals surface area (Å²) >= 11 is 0. The molecule has 0 amide bonds. The van der Waals surface area contributed by atoms with Crippen molar-refractivity contribution in [3.05, 3.63) is 276 Å². The van der Waals surface area contributed by atoms with E-state index in [1.165, 1.54) is 49.7 Å². The first-order chi connectivity index (χ1) is 32.7. The Morgan fingerprint density at radius 3 is 1.68 bits per heavy atom. The second kappa shape index (κ2) is 15.4. The number of ether oxygens (including phenoxy) is 1. The van der Waals surface area contributed by atoms with Crippen LogP contribution in [0.5, 0.6) is 11.5 Å². The van der Waals surface area contributed by atoms with Crippen LogP contribution in [0.2, 0.25) is 0 Å². The fourth-order valence-corrected chi connectivity index (χ4v) is 10.8. The zero-order valence-corrected chi connectivity index (χ0v) is 36.0. The standard InChI is InChI=1S/C62H43N3O/c1-3-15-40(16-4-1)41-29-31-44(32-30-41)60-63-59(43-18-5-2-6-19-43)64-61(65-60)49-23-14-22-47(38-49)45-20-13-21-46(37-45)48-33-35-51-55(39-48)62(54-36-34-42-17-7-8-24-50(42)58(51)54)52-25-9-11-27-56(52)66-57-28-12-10-26-53(57)62/h1-39,59-60,63H,(H,64,65). The summed E-state index contributed by atoms with van der Waals surface area (Å²) in [5.74, 6) is 2.64. The lowest BCUT2D eigenvalue weighted by atomic mass is 9.66. The lowest BCUT2D eigenvalue weighted by Crippen LogP contribution is -2.44. The van der Waals surface area contributed by atoms with Gasteiger partial charge in [-0.3, -0.25) is 5.32 Å². The number of amidine groups is 1. The van der Waals surface area contributed by atoms with Gasteiger partial charge in [-0.05, 0) is 108 Å². The predicted octanol–water partition coefficient (Wildman–Crippen LogP) is 14.6. The number of hydrogen-bond donors (Lipinski definition) is 2. The minimum atomic E-state index is -0.565. The molecule has 1 aliphatic carbocycles. The zero-order chi connectivity index (χ0) is 43.6. The smallest absolute Gasteiger partial charge is 0.132 e. The molecule has 0 bridgehead atoms. The minimum absolute atomic E-state index is 0.151. The van der Waals surface area contributed by atoms with Crippen LogP contribution in [0.15, 0.2) is 242 Å². The molecular formula is C62H43N3O. The Bertz CT molecular complexity index is 3480. The monoisotopic (exact) mass is 845 g/mol. The molecule has 0 fully saturated rings. The summed E-state index contributed by atoms with van der Waals surface area (Å²) in [6.45, 7) is 0. The number of nitrogens with zero attached hydrogens (tertiary/aromatic N) is 1. The third-order valence-electron chi connectivity index (χ3n) is 13.8. The molecular weight excluding hydrogens is 803 g/mol. The molecule has 10 aromatic carbocycles. The molecule has 66 heavy (non-hydrogen) atoms. The van der Waals surface area contributed by atoms with Crippen LogP contribution in [0.1, 0.15) is 51.3 Å². The first-order valence-corrected chi connectivity index (χ1v) is 22.7. The summed E-state index contributed by atoms with van der Waals surface area (Å²) in [5, 5.41) is 10.1. The number of hydrogen-bond acceptors (Lipinski definition) is 4. The van der Waals surface area contributed by atoms with Gasteiger partial charge in [0.1, 0.15) is 29.7 Å². The molecule has 0 aromatic heterocycles. The van der Waals surface area contributed by atoms with Crippen LogP contribution in [0.4, 0.5) is 0 Å². The Hall–Kier alpha value is -8.31. The van der Waals surface area contributed by atoms with Gasteiger partial charge in [0.25, 0.3) is 0 Å². The molecule has 1 spiro atoms. The molecule has 2 aliphatic heterocycles. The Balaban J connectivity index is 0.896. The Morgan fingerprint density at radius 1 is 0.394 bits per heavy atom. The molecule has 10 aromatic rings. The fraction of sp³-hybridized carbons (Fsp3) is 0.0484. The molecule has 13 rings (SSSR count). The highest BCUT2D eigenvalue weighted by atomic mass is 16.5. The van der Waals surface area contributed by atoms with Crippen molar-refractivity contribution in [2.45, 2.75) is 17.7 Å². The highest BCUT2D eigenvalue weighted by molar-refractivity contribution is 6.05. The van der Waals surface area contributed by atoms with Gasteiger partial charge in [-0.15, -0.1) is 0 Å². The third-order valence-corrected chi connectivity index (χ3v) is 13.8. The maximum Gasteiger partial charge on any atom is 0.132 e. The van der Waals surface area contributed by atoms with E-state index in [0.29, 0.717) is 0 Å². The number of benzene rings is 10. The lowest BCUT2D eigenvalue weighted by molar-refractivity contribution is 0.409. The highest BCUT2D eigenvalue weighted by Crippen LogP contribution is 2.63. The van der Waals surface area contributed by atoms with Crippen molar-refractivity contribution < 1.29 is 4.74 Å². The predicted molar refractivity (Wildman–Crippen MR) is 269 cm³/mol. The van der Waals surface area contributed by atoms with E-state index in [0.717, 1.165) is 61.8 Å². The zero-order valence-electron chi connectivity index (χ0n) is 36.0. The number of aliphatic imine (C=N–C) groups is 1. The summed E-state index contributed by atoms with van der Waals surface area (Å²) in [7, 11) is 0. The van der Waals surface area contributed by atoms with E-state index in [4.69, 9.17) is 9.73 Å². The van der Waals surface area contributed by atoms with E-state index in [1.807, 2.05) is 0 Å². The Kier molecular flexibility index (Phi) is 8.93. The number of nitrogens with one attached hydrogen (secondary N) is 2. The molecule has 2 atom stereocenters. The van der Waals surface area contributed by atoms with Crippen molar-refractivity contribution in [1.82, 2.24) is 10.6 Å². The van der Waals surface area contributed by atoms with Gasteiger partial charge < -0.3 is 10.1 Å². The summed E-state index contributed by atoms with van der Waals surface area (Å²) in [6.07, 6.45) is -0.378. The van der Waals surface area contributed by atoms with E-state index in [9.17, 15) is 0 Å². The van der Waals surface area contributed by atoms with Crippen LogP contribution in [-0.4, -0.2) is 5.84 Å².